The molecule has 17 heavy (non-hydrogen) atoms. The smallest absolute Gasteiger partial charge is 0.254 e. The van der Waals surface area contributed by atoms with Crippen molar-refractivity contribution in [3.63, 3.8) is 0 Å². The summed E-state index contributed by atoms with van der Waals surface area (Å²) < 4.78 is 0.795. The minimum atomic E-state index is -0.399. The zero-order valence-corrected chi connectivity index (χ0v) is 11.2. The fourth-order valence-electron chi connectivity index (χ4n) is 2.02. The third kappa shape index (κ3) is 2.45. The SMILES string of the molecule is Cc1c(N)cc(Br)cc1C(=O)N1CC[C@H](O)C1. The Labute approximate surface area is 109 Å². The van der Waals surface area contributed by atoms with Gasteiger partial charge < -0.3 is 15.7 Å². The molecule has 2 rings (SSSR count). The molecule has 5 heteroatoms. The lowest BCUT2D eigenvalue weighted by molar-refractivity contribution is 0.0764. The fraction of sp³-hybridized carbons (Fsp3) is 0.417. The maximum atomic E-state index is 12.3. The van der Waals surface area contributed by atoms with E-state index < -0.39 is 6.10 Å². The van der Waals surface area contributed by atoms with Crippen LogP contribution in [0.4, 0.5) is 5.69 Å². The highest BCUT2D eigenvalue weighted by atomic mass is 79.9. The van der Waals surface area contributed by atoms with E-state index in [4.69, 9.17) is 5.73 Å². The van der Waals surface area contributed by atoms with Gasteiger partial charge >= 0.3 is 0 Å². The molecule has 0 aliphatic carbocycles. The summed E-state index contributed by atoms with van der Waals surface area (Å²) in [7, 11) is 0. The van der Waals surface area contributed by atoms with Crippen LogP contribution in [0.3, 0.4) is 0 Å². The Bertz CT molecular complexity index is 462. The number of aliphatic hydroxyl groups excluding tert-OH is 1. The van der Waals surface area contributed by atoms with Crippen molar-refractivity contribution in [2.24, 2.45) is 0 Å². The van der Waals surface area contributed by atoms with Crippen LogP contribution in [0.15, 0.2) is 16.6 Å². The predicted molar refractivity (Wildman–Crippen MR) is 69.8 cm³/mol. The zero-order valence-electron chi connectivity index (χ0n) is 9.61. The molecule has 1 aromatic rings. The van der Waals surface area contributed by atoms with E-state index in [1.165, 1.54) is 0 Å². The second kappa shape index (κ2) is 4.66. The number of carbonyl (C=O) groups is 1. The average molecular weight is 299 g/mol. The molecule has 0 unspecified atom stereocenters. The highest BCUT2D eigenvalue weighted by Crippen LogP contribution is 2.25. The molecule has 0 bridgehead atoms. The summed E-state index contributed by atoms with van der Waals surface area (Å²) in [5, 5.41) is 9.45. The lowest BCUT2D eigenvalue weighted by Gasteiger charge is -2.18. The van der Waals surface area contributed by atoms with E-state index in [9.17, 15) is 9.90 Å². The lowest BCUT2D eigenvalue weighted by atomic mass is 10.1. The van der Waals surface area contributed by atoms with Crippen molar-refractivity contribution in [3.8, 4) is 0 Å². The van der Waals surface area contributed by atoms with E-state index >= 15 is 0 Å². The molecule has 0 radical (unpaired) electrons. The number of β-amino-alcohol motifs (C(OH)–C–C–N with tert-alkyl or cyclic N) is 1. The van der Waals surface area contributed by atoms with E-state index in [-0.39, 0.29) is 5.91 Å². The monoisotopic (exact) mass is 298 g/mol. The molecule has 1 aromatic carbocycles. The molecule has 1 heterocycles. The number of halogens is 1. The van der Waals surface area contributed by atoms with Gasteiger partial charge in [-0.15, -0.1) is 0 Å². The van der Waals surface area contributed by atoms with Crippen LogP contribution in [-0.4, -0.2) is 35.1 Å². The van der Waals surface area contributed by atoms with Crippen LogP contribution >= 0.6 is 15.9 Å². The number of hydrogen-bond acceptors (Lipinski definition) is 3. The Balaban J connectivity index is 2.31. The predicted octanol–water partition coefficient (Wildman–Crippen LogP) is 1.55. The Morgan fingerprint density at radius 2 is 2.29 bits per heavy atom. The van der Waals surface area contributed by atoms with E-state index in [0.29, 0.717) is 30.8 Å². The minimum absolute atomic E-state index is 0.0629. The molecule has 1 atom stereocenters. The number of hydrogen-bond donors (Lipinski definition) is 2. The average Bonchev–Trinajstić information content (AvgIpc) is 2.69. The van der Waals surface area contributed by atoms with Crippen molar-refractivity contribution >= 4 is 27.5 Å². The molecule has 4 nitrogen and oxygen atoms in total. The highest BCUT2D eigenvalue weighted by molar-refractivity contribution is 9.10. The van der Waals surface area contributed by atoms with Gasteiger partial charge in [0, 0.05) is 28.8 Å². The molecule has 0 spiro atoms. The number of amides is 1. The van der Waals surface area contributed by atoms with E-state index in [2.05, 4.69) is 15.9 Å². The van der Waals surface area contributed by atoms with Crippen LogP contribution in [0.5, 0.6) is 0 Å². The van der Waals surface area contributed by atoms with Crippen molar-refractivity contribution in [1.29, 1.82) is 0 Å². The summed E-state index contributed by atoms with van der Waals surface area (Å²) in [6.45, 7) is 2.85. The van der Waals surface area contributed by atoms with Gasteiger partial charge in [0.25, 0.3) is 5.91 Å². The summed E-state index contributed by atoms with van der Waals surface area (Å²) in [5.74, 6) is -0.0629. The summed E-state index contributed by atoms with van der Waals surface area (Å²) in [6.07, 6.45) is 0.248. The van der Waals surface area contributed by atoms with E-state index in [1.807, 2.05) is 6.92 Å². The van der Waals surface area contributed by atoms with Gasteiger partial charge in [-0.3, -0.25) is 4.79 Å². The number of nitrogens with two attached hydrogens (primary N) is 1. The van der Waals surface area contributed by atoms with Crippen LogP contribution < -0.4 is 5.73 Å². The third-order valence-electron chi connectivity index (χ3n) is 3.09. The normalized spacial score (nSPS) is 19.7. The highest BCUT2D eigenvalue weighted by Gasteiger charge is 2.26. The zero-order chi connectivity index (χ0) is 12.6. The van der Waals surface area contributed by atoms with Crippen LogP contribution in [0.2, 0.25) is 0 Å². The Kier molecular flexibility index (Phi) is 3.40. The van der Waals surface area contributed by atoms with Gasteiger partial charge in [0.2, 0.25) is 0 Å². The largest absolute Gasteiger partial charge is 0.398 e. The first kappa shape index (κ1) is 12.4. The standard InChI is InChI=1S/C12H15BrN2O2/c1-7-10(4-8(13)5-11(7)14)12(17)15-3-2-9(16)6-15/h4-5,9,16H,2-3,6,14H2,1H3/t9-/m0/s1. The Hall–Kier alpha value is -1.07. The number of likely N-dealkylation sites (tertiary alicyclic amines) is 1. The van der Waals surface area contributed by atoms with Crippen molar-refractivity contribution in [2.75, 3.05) is 18.8 Å². The van der Waals surface area contributed by atoms with Crippen LogP contribution in [0.25, 0.3) is 0 Å². The van der Waals surface area contributed by atoms with Gasteiger partial charge in [-0.25, -0.2) is 0 Å². The van der Waals surface area contributed by atoms with Crippen LogP contribution in [0.1, 0.15) is 22.3 Å². The lowest BCUT2D eigenvalue weighted by Crippen LogP contribution is -2.30. The summed E-state index contributed by atoms with van der Waals surface area (Å²) in [4.78, 5) is 13.9. The number of anilines is 1. The van der Waals surface area contributed by atoms with Crippen molar-refractivity contribution in [1.82, 2.24) is 4.90 Å². The number of nitrogen functional groups attached to an aromatic ring is 1. The molecular weight excluding hydrogens is 284 g/mol. The van der Waals surface area contributed by atoms with Crippen molar-refractivity contribution in [3.05, 3.63) is 27.7 Å². The van der Waals surface area contributed by atoms with Gasteiger partial charge in [-0.1, -0.05) is 15.9 Å². The van der Waals surface area contributed by atoms with Gasteiger partial charge in [-0.05, 0) is 31.0 Å². The summed E-state index contributed by atoms with van der Waals surface area (Å²) in [5.41, 5.74) is 7.83. The Morgan fingerprint density at radius 3 is 2.88 bits per heavy atom. The second-order valence-corrected chi connectivity index (χ2v) is 5.28. The summed E-state index contributed by atoms with van der Waals surface area (Å²) in [6, 6.07) is 3.56. The number of aliphatic hydroxyl groups is 1. The first-order valence-corrected chi connectivity index (χ1v) is 6.31. The molecule has 1 amide bonds. The van der Waals surface area contributed by atoms with Gasteiger partial charge in [0.05, 0.1) is 6.10 Å². The number of nitrogens with zero attached hydrogens (tertiary/aromatic N) is 1. The molecule has 0 saturated carbocycles. The molecule has 1 saturated heterocycles. The van der Waals surface area contributed by atoms with E-state index in [1.54, 1.807) is 17.0 Å². The fourth-order valence-corrected chi connectivity index (χ4v) is 2.49. The van der Waals surface area contributed by atoms with Gasteiger partial charge in [-0.2, -0.15) is 0 Å². The molecule has 1 aliphatic heterocycles. The first-order chi connectivity index (χ1) is 7.99. The van der Waals surface area contributed by atoms with Crippen LogP contribution in [-0.2, 0) is 0 Å². The Morgan fingerprint density at radius 1 is 1.59 bits per heavy atom. The van der Waals surface area contributed by atoms with E-state index in [0.717, 1.165) is 10.0 Å². The van der Waals surface area contributed by atoms with Gasteiger partial charge in [0.1, 0.15) is 0 Å². The first-order valence-electron chi connectivity index (χ1n) is 5.52. The number of benzene rings is 1. The van der Waals surface area contributed by atoms with Crippen molar-refractivity contribution < 1.29 is 9.90 Å². The summed E-state index contributed by atoms with van der Waals surface area (Å²) >= 11 is 3.34. The molecule has 0 aromatic heterocycles. The van der Waals surface area contributed by atoms with Crippen molar-refractivity contribution in [2.45, 2.75) is 19.4 Å². The molecular formula is C12H15BrN2O2. The maximum absolute atomic E-state index is 12.3. The second-order valence-electron chi connectivity index (χ2n) is 4.36. The third-order valence-corrected chi connectivity index (χ3v) is 3.55. The molecule has 92 valence electrons. The van der Waals surface area contributed by atoms with Crippen LogP contribution in [0, 0.1) is 6.92 Å². The molecule has 3 N–H and O–H groups in total. The maximum Gasteiger partial charge on any atom is 0.254 e. The quantitative estimate of drug-likeness (QED) is 0.773. The topological polar surface area (TPSA) is 66.6 Å². The number of carbonyl (C=O) groups excluding carboxylic acids is 1. The molecule has 1 aliphatic rings. The number of rotatable bonds is 1. The molecule has 1 fully saturated rings. The van der Waals surface area contributed by atoms with Gasteiger partial charge in [0.15, 0.2) is 0 Å². The minimum Gasteiger partial charge on any atom is -0.398 e.